The highest BCUT2D eigenvalue weighted by Gasteiger charge is 2.34. The molecule has 1 fully saturated rings. The maximum Gasteiger partial charge on any atom is 0.308 e. The number of esters is 1. The summed E-state index contributed by atoms with van der Waals surface area (Å²) in [7, 11) is 0. The minimum Gasteiger partial charge on any atom is -0.494 e. The Bertz CT molecular complexity index is 751. The van der Waals surface area contributed by atoms with E-state index in [9.17, 15) is 14.4 Å². The lowest BCUT2D eigenvalue weighted by molar-refractivity contribution is -0.148. The zero-order chi connectivity index (χ0) is 21.4. The van der Waals surface area contributed by atoms with Gasteiger partial charge in [-0.2, -0.15) is 0 Å². The van der Waals surface area contributed by atoms with E-state index in [0.29, 0.717) is 31.0 Å². The Morgan fingerprint density at radius 1 is 1.31 bits per heavy atom. The second-order valence-corrected chi connectivity index (χ2v) is 7.38. The van der Waals surface area contributed by atoms with Gasteiger partial charge in [0.25, 0.3) is 5.91 Å². The summed E-state index contributed by atoms with van der Waals surface area (Å²) in [5, 5.41) is 5.45. The van der Waals surface area contributed by atoms with Gasteiger partial charge in [-0.15, -0.1) is 0 Å². The maximum absolute atomic E-state index is 12.5. The summed E-state index contributed by atoms with van der Waals surface area (Å²) in [6, 6.07) is 5.84. The summed E-state index contributed by atoms with van der Waals surface area (Å²) < 4.78 is 10.5. The van der Waals surface area contributed by atoms with Gasteiger partial charge in [-0.05, 0) is 49.3 Å². The molecule has 0 bridgehead atoms. The van der Waals surface area contributed by atoms with Crippen LogP contribution in [-0.2, 0) is 14.3 Å². The lowest BCUT2D eigenvalue weighted by atomic mass is 10.1. The minimum absolute atomic E-state index is 0.0976. The highest BCUT2D eigenvalue weighted by Crippen LogP contribution is 2.14. The largest absolute Gasteiger partial charge is 0.494 e. The number of rotatable bonds is 7. The number of nitrogens with one attached hydrogen (secondary N) is 2. The number of carbonyl (C=O) groups excluding carboxylic acids is 3. The van der Waals surface area contributed by atoms with Crippen molar-refractivity contribution in [1.29, 1.82) is 0 Å². The first-order valence-corrected chi connectivity index (χ1v) is 10.0. The quantitative estimate of drug-likeness (QED) is 0.509. The Kier molecular flexibility index (Phi) is 8.38. The number of hydrogen-bond donors (Lipinski definition) is 2. The fourth-order valence-electron chi connectivity index (χ4n) is 2.75. The fraction of sp³-hybridized carbons (Fsp3) is 0.500. The Morgan fingerprint density at radius 3 is 2.62 bits per heavy atom. The van der Waals surface area contributed by atoms with Crippen molar-refractivity contribution in [3.05, 3.63) is 29.8 Å². The number of amides is 2. The van der Waals surface area contributed by atoms with Crippen molar-refractivity contribution in [1.82, 2.24) is 15.5 Å². The summed E-state index contributed by atoms with van der Waals surface area (Å²) in [4.78, 5) is 38.4. The molecular formula is C20H27N3O5S. The van der Waals surface area contributed by atoms with Crippen LogP contribution in [0.1, 0.15) is 37.6 Å². The molecule has 2 amide bonds. The molecule has 1 aliphatic rings. The molecule has 1 aromatic rings. The van der Waals surface area contributed by atoms with E-state index in [0.717, 1.165) is 0 Å². The third-order valence-corrected chi connectivity index (χ3v) is 4.51. The standard InChI is InChI=1S/C20H27N3O5S/c1-4-27-15-7-5-14(6-8-15)18(25)22-20(29)23-10-9-21-19(26)16(23)11-17(24)28-12-13(2)3/h5-8,13,16H,4,9-12H2,1-3H3,(H,21,26)(H,22,25,29). The van der Waals surface area contributed by atoms with E-state index in [4.69, 9.17) is 21.7 Å². The second-order valence-electron chi connectivity index (χ2n) is 7.00. The normalized spacial score (nSPS) is 16.2. The molecule has 1 unspecified atom stereocenters. The molecule has 2 rings (SSSR count). The molecule has 158 valence electrons. The molecule has 1 heterocycles. The van der Waals surface area contributed by atoms with Crippen LogP contribution in [0.15, 0.2) is 24.3 Å². The number of carbonyl (C=O) groups is 3. The number of nitrogens with zero attached hydrogens (tertiary/aromatic N) is 1. The first-order chi connectivity index (χ1) is 13.8. The Morgan fingerprint density at radius 2 is 2.00 bits per heavy atom. The van der Waals surface area contributed by atoms with Crippen molar-refractivity contribution in [2.45, 2.75) is 33.2 Å². The molecule has 1 aromatic carbocycles. The molecule has 0 aromatic heterocycles. The van der Waals surface area contributed by atoms with Crippen LogP contribution >= 0.6 is 12.2 Å². The van der Waals surface area contributed by atoms with Gasteiger partial charge in [0.05, 0.1) is 19.6 Å². The molecule has 0 spiro atoms. The molecule has 29 heavy (non-hydrogen) atoms. The molecular weight excluding hydrogens is 394 g/mol. The molecule has 8 nitrogen and oxygen atoms in total. The van der Waals surface area contributed by atoms with Gasteiger partial charge in [-0.25, -0.2) is 0 Å². The average Bonchev–Trinajstić information content (AvgIpc) is 2.68. The van der Waals surface area contributed by atoms with Gasteiger partial charge in [0.1, 0.15) is 11.8 Å². The van der Waals surface area contributed by atoms with Crippen molar-refractivity contribution < 1.29 is 23.9 Å². The van der Waals surface area contributed by atoms with E-state index in [-0.39, 0.29) is 30.0 Å². The number of benzene rings is 1. The van der Waals surface area contributed by atoms with Crippen LogP contribution in [0.5, 0.6) is 5.75 Å². The van der Waals surface area contributed by atoms with Crippen LogP contribution in [0.25, 0.3) is 0 Å². The van der Waals surface area contributed by atoms with Gasteiger partial charge in [-0.3, -0.25) is 19.7 Å². The third kappa shape index (κ3) is 6.70. The molecule has 1 saturated heterocycles. The fourth-order valence-corrected chi connectivity index (χ4v) is 3.06. The van der Waals surface area contributed by atoms with E-state index in [1.165, 1.54) is 0 Å². The monoisotopic (exact) mass is 421 g/mol. The van der Waals surface area contributed by atoms with E-state index in [1.807, 2.05) is 20.8 Å². The number of piperazine rings is 1. The number of thiocarbonyl (C=S) groups is 1. The molecule has 9 heteroatoms. The van der Waals surface area contributed by atoms with Crippen molar-refractivity contribution in [3.63, 3.8) is 0 Å². The molecule has 0 saturated carbocycles. The predicted octanol–water partition coefficient (Wildman–Crippen LogP) is 1.49. The smallest absolute Gasteiger partial charge is 0.308 e. The average molecular weight is 422 g/mol. The molecule has 0 aliphatic carbocycles. The van der Waals surface area contributed by atoms with Crippen LogP contribution < -0.4 is 15.4 Å². The van der Waals surface area contributed by atoms with E-state index in [2.05, 4.69) is 10.6 Å². The van der Waals surface area contributed by atoms with Gasteiger partial charge < -0.3 is 19.7 Å². The lowest BCUT2D eigenvalue weighted by Gasteiger charge is -2.36. The van der Waals surface area contributed by atoms with Crippen molar-refractivity contribution >= 4 is 35.1 Å². The summed E-state index contributed by atoms with van der Waals surface area (Å²) in [5.74, 6) is -0.337. The van der Waals surface area contributed by atoms with Crippen LogP contribution in [0, 0.1) is 5.92 Å². The van der Waals surface area contributed by atoms with E-state index >= 15 is 0 Å². The highest BCUT2D eigenvalue weighted by atomic mass is 32.1. The van der Waals surface area contributed by atoms with Crippen LogP contribution in [0.2, 0.25) is 0 Å². The van der Waals surface area contributed by atoms with Crippen molar-refractivity contribution in [2.24, 2.45) is 5.92 Å². The molecule has 1 aliphatic heterocycles. The van der Waals surface area contributed by atoms with Gasteiger partial charge in [0, 0.05) is 18.7 Å². The topological polar surface area (TPSA) is 97.0 Å². The number of hydrogen-bond acceptors (Lipinski definition) is 6. The van der Waals surface area contributed by atoms with Gasteiger partial charge in [-0.1, -0.05) is 13.8 Å². The number of ether oxygens (including phenoxy) is 2. The molecule has 2 N–H and O–H groups in total. The van der Waals surface area contributed by atoms with E-state index < -0.39 is 17.9 Å². The highest BCUT2D eigenvalue weighted by molar-refractivity contribution is 7.80. The Hall–Kier alpha value is -2.68. The minimum atomic E-state index is -0.823. The van der Waals surface area contributed by atoms with E-state index in [1.54, 1.807) is 29.2 Å². The molecule has 0 radical (unpaired) electrons. The van der Waals surface area contributed by atoms with Gasteiger partial charge in [0.2, 0.25) is 5.91 Å². The third-order valence-electron chi connectivity index (χ3n) is 4.18. The Balaban J connectivity index is 2.01. The first kappa shape index (κ1) is 22.6. The Labute approximate surface area is 175 Å². The predicted molar refractivity (Wildman–Crippen MR) is 112 cm³/mol. The van der Waals surface area contributed by atoms with Crippen LogP contribution in [-0.4, -0.2) is 60.1 Å². The van der Waals surface area contributed by atoms with Crippen LogP contribution in [0.3, 0.4) is 0 Å². The second kappa shape index (κ2) is 10.8. The summed E-state index contributed by atoms with van der Waals surface area (Å²) in [6.07, 6.45) is -0.141. The summed E-state index contributed by atoms with van der Waals surface area (Å²) in [6.45, 7) is 7.31. The SMILES string of the molecule is CCOc1ccc(C(=O)NC(=S)N2CCNC(=O)C2CC(=O)OCC(C)C)cc1. The maximum atomic E-state index is 12.5. The summed E-state index contributed by atoms with van der Waals surface area (Å²) >= 11 is 5.34. The van der Waals surface area contributed by atoms with Crippen LogP contribution in [0.4, 0.5) is 0 Å². The molecule has 1 atom stereocenters. The lowest BCUT2D eigenvalue weighted by Crippen LogP contribution is -2.60. The van der Waals surface area contributed by atoms with Gasteiger partial charge in [0.15, 0.2) is 5.11 Å². The van der Waals surface area contributed by atoms with Crippen molar-refractivity contribution in [3.8, 4) is 5.75 Å². The van der Waals surface area contributed by atoms with Gasteiger partial charge >= 0.3 is 5.97 Å². The zero-order valence-electron chi connectivity index (χ0n) is 16.9. The van der Waals surface area contributed by atoms with Crippen molar-refractivity contribution in [2.75, 3.05) is 26.3 Å². The summed E-state index contributed by atoms with van der Waals surface area (Å²) in [5.41, 5.74) is 0.408. The zero-order valence-corrected chi connectivity index (χ0v) is 17.7. The first-order valence-electron chi connectivity index (χ1n) is 9.60.